The number of benzene rings is 2. The van der Waals surface area contributed by atoms with E-state index in [0.29, 0.717) is 12.1 Å². The zero-order valence-electron chi connectivity index (χ0n) is 14.1. The number of nitro benzene ring substituents is 1. The van der Waals surface area contributed by atoms with Gasteiger partial charge in [-0.05, 0) is 48.6 Å². The van der Waals surface area contributed by atoms with Crippen LogP contribution in [0.15, 0.2) is 41.3 Å². The number of nitrogens with two attached hydrogens (primary N) is 1. The van der Waals surface area contributed by atoms with E-state index in [4.69, 9.17) is 10.5 Å². The Kier molecular flexibility index (Phi) is 4.84. The lowest BCUT2D eigenvalue weighted by Gasteiger charge is -2.26. The molecule has 0 aromatic heterocycles. The number of rotatable bonds is 5. The van der Waals surface area contributed by atoms with Crippen molar-refractivity contribution in [2.45, 2.75) is 30.2 Å². The van der Waals surface area contributed by atoms with Crippen molar-refractivity contribution in [3.8, 4) is 5.75 Å². The molecule has 0 radical (unpaired) electrons. The number of fused-ring (bicyclic) bond motifs is 1. The highest BCUT2D eigenvalue weighted by molar-refractivity contribution is 7.89. The lowest BCUT2D eigenvalue weighted by molar-refractivity contribution is -0.385. The number of nitrogens with zero attached hydrogens (tertiary/aromatic N) is 1. The summed E-state index contributed by atoms with van der Waals surface area (Å²) in [5.41, 5.74) is 8.01. The molecule has 1 unspecified atom stereocenters. The normalized spacial score (nSPS) is 16.7. The van der Waals surface area contributed by atoms with Crippen LogP contribution in [0, 0.1) is 10.1 Å². The van der Waals surface area contributed by atoms with Gasteiger partial charge in [0.25, 0.3) is 5.69 Å². The first-order valence-electron chi connectivity index (χ1n) is 8.05. The van der Waals surface area contributed by atoms with E-state index in [1.54, 1.807) is 6.07 Å². The third-order valence-corrected chi connectivity index (χ3v) is 5.92. The molecule has 3 rings (SSSR count). The number of non-ortho nitro benzene ring substituents is 1. The molecule has 0 aliphatic heterocycles. The van der Waals surface area contributed by atoms with Crippen molar-refractivity contribution in [3.63, 3.8) is 0 Å². The highest BCUT2D eigenvalue weighted by Gasteiger charge is 2.29. The van der Waals surface area contributed by atoms with E-state index in [1.807, 2.05) is 12.1 Å². The number of anilines is 1. The average molecular weight is 377 g/mol. The molecule has 2 aromatic rings. The summed E-state index contributed by atoms with van der Waals surface area (Å²) in [5, 5.41) is 11.0. The van der Waals surface area contributed by atoms with Gasteiger partial charge >= 0.3 is 0 Å². The standard InChI is InChI=1S/C17H19N3O5S/c1-25-16-8-6-13(20(21)22)10-17(16)26(23,24)19-15-4-2-3-11-9-12(18)5-7-14(11)15/h5-10,15,19H,2-4,18H2,1H3. The molecule has 0 saturated heterocycles. The Morgan fingerprint density at radius 2 is 2.04 bits per heavy atom. The average Bonchev–Trinajstić information content (AvgIpc) is 2.60. The molecule has 0 spiro atoms. The second-order valence-electron chi connectivity index (χ2n) is 6.12. The number of nitro groups is 1. The number of methoxy groups -OCH3 is 1. The summed E-state index contributed by atoms with van der Waals surface area (Å²) in [5.74, 6) is 0.0523. The second-order valence-corrected chi connectivity index (χ2v) is 7.80. The predicted molar refractivity (Wildman–Crippen MR) is 96.5 cm³/mol. The van der Waals surface area contributed by atoms with Crippen LogP contribution in [0.4, 0.5) is 11.4 Å². The molecule has 8 nitrogen and oxygen atoms in total. The molecule has 1 aliphatic rings. The summed E-state index contributed by atoms with van der Waals surface area (Å²) in [6.07, 6.45) is 2.28. The molecule has 1 aliphatic carbocycles. The number of ether oxygens (including phenoxy) is 1. The number of hydrogen-bond donors (Lipinski definition) is 2. The fraction of sp³-hybridized carbons (Fsp3) is 0.294. The van der Waals surface area contributed by atoms with Crippen LogP contribution in [0.2, 0.25) is 0 Å². The molecule has 0 fully saturated rings. The summed E-state index contributed by atoms with van der Waals surface area (Å²) in [7, 11) is -2.70. The van der Waals surface area contributed by atoms with Crippen molar-refractivity contribution in [1.29, 1.82) is 0 Å². The van der Waals surface area contributed by atoms with Crippen LogP contribution in [-0.2, 0) is 16.4 Å². The third kappa shape index (κ3) is 3.49. The van der Waals surface area contributed by atoms with Crippen LogP contribution in [0.1, 0.15) is 30.0 Å². The summed E-state index contributed by atoms with van der Waals surface area (Å²) in [6, 6.07) is 8.48. The monoisotopic (exact) mass is 377 g/mol. The molecule has 3 N–H and O–H groups in total. The fourth-order valence-electron chi connectivity index (χ4n) is 3.20. The maximum atomic E-state index is 12.9. The summed E-state index contributed by atoms with van der Waals surface area (Å²) >= 11 is 0. The minimum atomic E-state index is -4.02. The Bertz CT molecular complexity index is 959. The molecule has 1 atom stereocenters. The highest BCUT2D eigenvalue weighted by atomic mass is 32.2. The maximum Gasteiger partial charge on any atom is 0.271 e. The molecule has 138 valence electrons. The van der Waals surface area contributed by atoms with Gasteiger partial charge in [0, 0.05) is 23.9 Å². The number of nitrogen functional groups attached to an aromatic ring is 1. The molecule has 0 bridgehead atoms. The zero-order chi connectivity index (χ0) is 18.9. The van der Waals surface area contributed by atoms with Crippen molar-refractivity contribution < 1.29 is 18.1 Å². The van der Waals surface area contributed by atoms with E-state index in [0.717, 1.165) is 30.0 Å². The zero-order valence-corrected chi connectivity index (χ0v) is 15.0. The van der Waals surface area contributed by atoms with Crippen molar-refractivity contribution >= 4 is 21.4 Å². The van der Waals surface area contributed by atoms with Gasteiger partial charge in [0.15, 0.2) is 0 Å². The molecule has 9 heteroatoms. The van der Waals surface area contributed by atoms with Crippen LogP contribution >= 0.6 is 0 Å². The van der Waals surface area contributed by atoms with Gasteiger partial charge < -0.3 is 10.5 Å². The van der Waals surface area contributed by atoms with E-state index in [1.165, 1.54) is 19.2 Å². The second kappa shape index (κ2) is 6.93. The van der Waals surface area contributed by atoms with Crippen LogP contribution in [0.5, 0.6) is 5.75 Å². The molecule has 26 heavy (non-hydrogen) atoms. The predicted octanol–water partition coefficient (Wildman–Crippen LogP) is 2.54. The minimum absolute atomic E-state index is 0.0523. The molecule has 0 saturated carbocycles. The largest absolute Gasteiger partial charge is 0.495 e. The summed E-state index contributed by atoms with van der Waals surface area (Å²) in [6.45, 7) is 0. The number of hydrogen-bond acceptors (Lipinski definition) is 6. The number of nitrogens with one attached hydrogen (secondary N) is 1. The van der Waals surface area contributed by atoms with Gasteiger partial charge in [-0.3, -0.25) is 10.1 Å². The number of aryl methyl sites for hydroxylation is 1. The third-order valence-electron chi connectivity index (χ3n) is 4.43. The van der Waals surface area contributed by atoms with Gasteiger partial charge in [0.05, 0.1) is 12.0 Å². The van der Waals surface area contributed by atoms with E-state index in [2.05, 4.69) is 4.72 Å². The topological polar surface area (TPSA) is 125 Å². The van der Waals surface area contributed by atoms with Gasteiger partial charge in [-0.25, -0.2) is 13.1 Å². The minimum Gasteiger partial charge on any atom is -0.495 e. The lowest BCUT2D eigenvalue weighted by Crippen LogP contribution is -2.31. The van der Waals surface area contributed by atoms with E-state index in [9.17, 15) is 18.5 Å². The smallest absolute Gasteiger partial charge is 0.271 e. The first kappa shape index (κ1) is 18.2. The van der Waals surface area contributed by atoms with Crippen molar-refractivity contribution in [1.82, 2.24) is 4.72 Å². The quantitative estimate of drug-likeness (QED) is 0.469. The van der Waals surface area contributed by atoms with Gasteiger partial charge in [-0.1, -0.05) is 6.07 Å². The molecular weight excluding hydrogens is 358 g/mol. The first-order valence-corrected chi connectivity index (χ1v) is 9.53. The van der Waals surface area contributed by atoms with E-state index in [-0.39, 0.29) is 16.3 Å². The van der Waals surface area contributed by atoms with Crippen molar-refractivity contribution in [2.75, 3.05) is 12.8 Å². The van der Waals surface area contributed by atoms with Crippen molar-refractivity contribution in [2.24, 2.45) is 0 Å². The molecule has 0 amide bonds. The molecule has 0 heterocycles. The Labute approximate surface area is 151 Å². The van der Waals surface area contributed by atoms with Gasteiger partial charge in [-0.15, -0.1) is 0 Å². The number of sulfonamides is 1. The molecular formula is C17H19N3O5S. The Balaban J connectivity index is 1.98. The highest BCUT2D eigenvalue weighted by Crippen LogP contribution is 2.34. The Morgan fingerprint density at radius 3 is 2.73 bits per heavy atom. The van der Waals surface area contributed by atoms with Crippen LogP contribution in [0.3, 0.4) is 0 Å². The van der Waals surface area contributed by atoms with Crippen LogP contribution in [-0.4, -0.2) is 20.5 Å². The van der Waals surface area contributed by atoms with Crippen LogP contribution in [0.25, 0.3) is 0 Å². The Hall–Kier alpha value is -2.65. The maximum absolute atomic E-state index is 12.9. The fourth-order valence-corrected chi connectivity index (χ4v) is 4.63. The van der Waals surface area contributed by atoms with Gasteiger partial charge in [-0.2, -0.15) is 0 Å². The van der Waals surface area contributed by atoms with Gasteiger partial charge in [0.2, 0.25) is 10.0 Å². The molecule has 2 aromatic carbocycles. The summed E-state index contributed by atoms with van der Waals surface area (Å²) < 4.78 is 33.5. The summed E-state index contributed by atoms with van der Waals surface area (Å²) in [4.78, 5) is 10.1. The van der Waals surface area contributed by atoms with Crippen LogP contribution < -0.4 is 15.2 Å². The lowest BCUT2D eigenvalue weighted by atomic mass is 9.88. The van der Waals surface area contributed by atoms with E-state index >= 15 is 0 Å². The van der Waals surface area contributed by atoms with Crippen molar-refractivity contribution in [3.05, 3.63) is 57.6 Å². The first-order chi connectivity index (χ1) is 12.3. The van der Waals surface area contributed by atoms with Gasteiger partial charge in [0.1, 0.15) is 10.6 Å². The Morgan fingerprint density at radius 1 is 1.27 bits per heavy atom. The SMILES string of the molecule is COc1ccc([N+](=O)[O-])cc1S(=O)(=O)NC1CCCc2cc(N)ccc21. The van der Waals surface area contributed by atoms with E-state index < -0.39 is 21.0 Å².